The lowest BCUT2D eigenvalue weighted by Gasteiger charge is -2.03. The number of ether oxygens (including phenoxy) is 1. The van der Waals surface area contributed by atoms with Gasteiger partial charge in [-0.2, -0.15) is 0 Å². The van der Waals surface area contributed by atoms with Crippen LogP contribution in [0.2, 0.25) is 0 Å². The van der Waals surface area contributed by atoms with Crippen molar-refractivity contribution in [2.24, 2.45) is 5.14 Å². The third-order valence-corrected chi connectivity index (χ3v) is 3.33. The number of benzene rings is 1. The molecular weight excluding hydrogens is 258 g/mol. The molecule has 0 aromatic heterocycles. The standard InChI is InChI=1S/C7H8BrNO3S/c1-12-5-2-3-7(6(8)4-5)13(9,10)11/h2-4H,1H3,(H2,9,10,11). The highest BCUT2D eigenvalue weighted by Crippen LogP contribution is 2.25. The lowest BCUT2D eigenvalue weighted by Crippen LogP contribution is -2.12. The van der Waals surface area contributed by atoms with Crippen molar-refractivity contribution in [1.82, 2.24) is 0 Å². The van der Waals surface area contributed by atoms with Gasteiger partial charge in [-0.05, 0) is 34.1 Å². The molecule has 0 aliphatic heterocycles. The van der Waals surface area contributed by atoms with Gasteiger partial charge >= 0.3 is 0 Å². The van der Waals surface area contributed by atoms with Crippen LogP contribution in [0, 0.1) is 0 Å². The summed E-state index contributed by atoms with van der Waals surface area (Å²) in [7, 11) is -2.16. The molecule has 0 heterocycles. The second-order valence-corrected chi connectivity index (χ2v) is 4.73. The van der Waals surface area contributed by atoms with Crippen molar-refractivity contribution in [2.45, 2.75) is 4.90 Å². The van der Waals surface area contributed by atoms with E-state index in [2.05, 4.69) is 15.9 Å². The molecule has 13 heavy (non-hydrogen) atoms. The summed E-state index contributed by atoms with van der Waals surface area (Å²) >= 11 is 3.08. The second kappa shape index (κ2) is 3.65. The lowest BCUT2D eigenvalue weighted by molar-refractivity contribution is 0.414. The van der Waals surface area contributed by atoms with Crippen LogP contribution in [0.4, 0.5) is 0 Å². The van der Waals surface area contributed by atoms with Gasteiger partial charge in [-0.3, -0.25) is 0 Å². The van der Waals surface area contributed by atoms with Gasteiger partial charge in [-0.25, -0.2) is 13.6 Å². The Balaban J connectivity index is 3.29. The van der Waals surface area contributed by atoms with E-state index in [0.717, 1.165) is 0 Å². The van der Waals surface area contributed by atoms with Crippen molar-refractivity contribution in [2.75, 3.05) is 7.11 Å². The Bertz CT molecular complexity index is 416. The van der Waals surface area contributed by atoms with E-state index in [9.17, 15) is 8.42 Å². The first-order valence-corrected chi connectivity index (χ1v) is 5.65. The number of rotatable bonds is 2. The maximum atomic E-state index is 11.0. The summed E-state index contributed by atoms with van der Waals surface area (Å²) in [6.07, 6.45) is 0. The SMILES string of the molecule is COc1ccc(S(N)(=O)=O)c(Br)c1. The molecule has 4 nitrogen and oxygen atoms in total. The van der Waals surface area contributed by atoms with Crippen molar-refractivity contribution in [3.05, 3.63) is 22.7 Å². The van der Waals surface area contributed by atoms with Gasteiger partial charge in [0, 0.05) is 4.47 Å². The Morgan fingerprint density at radius 2 is 2.08 bits per heavy atom. The molecule has 0 saturated carbocycles. The predicted molar refractivity (Wildman–Crippen MR) is 52.1 cm³/mol. The van der Waals surface area contributed by atoms with Crippen LogP contribution in [0.1, 0.15) is 0 Å². The van der Waals surface area contributed by atoms with E-state index in [4.69, 9.17) is 9.88 Å². The van der Waals surface area contributed by atoms with E-state index in [-0.39, 0.29) is 4.90 Å². The zero-order valence-electron chi connectivity index (χ0n) is 6.82. The third-order valence-electron chi connectivity index (χ3n) is 1.45. The zero-order chi connectivity index (χ0) is 10.1. The highest BCUT2D eigenvalue weighted by atomic mass is 79.9. The number of primary sulfonamides is 1. The minimum absolute atomic E-state index is 0.0494. The molecule has 1 rings (SSSR count). The quantitative estimate of drug-likeness (QED) is 0.871. The Morgan fingerprint density at radius 3 is 2.46 bits per heavy atom. The van der Waals surface area contributed by atoms with Crippen molar-refractivity contribution >= 4 is 26.0 Å². The smallest absolute Gasteiger partial charge is 0.239 e. The Kier molecular flexibility index (Phi) is 2.94. The first-order chi connectivity index (χ1) is 5.95. The van der Waals surface area contributed by atoms with Gasteiger partial charge in [0.2, 0.25) is 10.0 Å². The van der Waals surface area contributed by atoms with E-state index in [0.29, 0.717) is 10.2 Å². The number of halogens is 1. The van der Waals surface area contributed by atoms with Gasteiger partial charge in [-0.15, -0.1) is 0 Å². The van der Waals surface area contributed by atoms with E-state index in [1.54, 1.807) is 6.07 Å². The van der Waals surface area contributed by atoms with E-state index in [1.807, 2.05) is 0 Å². The molecule has 0 unspecified atom stereocenters. The highest BCUT2D eigenvalue weighted by Gasteiger charge is 2.12. The minimum atomic E-state index is -3.66. The average Bonchev–Trinajstić information content (AvgIpc) is 2.01. The summed E-state index contributed by atoms with van der Waals surface area (Å²) in [6.45, 7) is 0. The number of nitrogens with two attached hydrogens (primary N) is 1. The van der Waals surface area contributed by atoms with Crippen LogP contribution in [-0.2, 0) is 10.0 Å². The fraction of sp³-hybridized carbons (Fsp3) is 0.143. The van der Waals surface area contributed by atoms with Crippen molar-refractivity contribution in [3.63, 3.8) is 0 Å². The van der Waals surface area contributed by atoms with Gasteiger partial charge in [-0.1, -0.05) is 0 Å². The van der Waals surface area contributed by atoms with Gasteiger partial charge in [0.15, 0.2) is 0 Å². The van der Waals surface area contributed by atoms with Gasteiger partial charge in [0.25, 0.3) is 0 Å². The summed E-state index contributed by atoms with van der Waals surface area (Å²) in [4.78, 5) is 0.0494. The molecule has 0 bridgehead atoms. The Hall–Kier alpha value is -0.590. The molecule has 0 aliphatic carbocycles. The molecule has 0 aliphatic rings. The summed E-state index contributed by atoms with van der Waals surface area (Å²) < 4.78 is 27.2. The lowest BCUT2D eigenvalue weighted by atomic mass is 10.3. The third kappa shape index (κ3) is 2.43. The molecule has 1 aromatic carbocycles. The number of sulfonamides is 1. The van der Waals surface area contributed by atoms with Crippen LogP contribution in [0.3, 0.4) is 0 Å². The summed E-state index contributed by atoms with van der Waals surface area (Å²) in [5, 5.41) is 4.95. The zero-order valence-corrected chi connectivity index (χ0v) is 9.22. The normalized spacial score (nSPS) is 11.3. The maximum Gasteiger partial charge on any atom is 0.239 e. The molecule has 6 heteroatoms. The molecule has 1 aromatic rings. The molecule has 0 saturated heterocycles. The van der Waals surface area contributed by atoms with Crippen molar-refractivity contribution < 1.29 is 13.2 Å². The average molecular weight is 266 g/mol. The highest BCUT2D eigenvalue weighted by molar-refractivity contribution is 9.10. The predicted octanol–water partition coefficient (Wildman–Crippen LogP) is 1.11. The summed E-state index contributed by atoms with van der Waals surface area (Å²) in [5.41, 5.74) is 0. The molecule has 2 N–H and O–H groups in total. The largest absolute Gasteiger partial charge is 0.497 e. The minimum Gasteiger partial charge on any atom is -0.497 e. The Labute approximate surface area is 84.9 Å². The van der Waals surface area contributed by atoms with E-state index < -0.39 is 10.0 Å². The first-order valence-electron chi connectivity index (χ1n) is 3.31. The van der Waals surface area contributed by atoms with Crippen LogP contribution >= 0.6 is 15.9 Å². The van der Waals surface area contributed by atoms with Gasteiger partial charge in [0.05, 0.1) is 12.0 Å². The monoisotopic (exact) mass is 265 g/mol. The van der Waals surface area contributed by atoms with E-state index in [1.165, 1.54) is 19.2 Å². The van der Waals surface area contributed by atoms with Crippen LogP contribution in [0.15, 0.2) is 27.6 Å². The number of hydrogen-bond acceptors (Lipinski definition) is 3. The topological polar surface area (TPSA) is 69.4 Å². The molecule has 0 fully saturated rings. The van der Waals surface area contributed by atoms with Crippen molar-refractivity contribution in [1.29, 1.82) is 0 Å². The molecule has 72 valence electrons. The van der Waals surface area contributed by atoms with Crippen LogP contribution in [-0.4, -0.2) is 15.5 Å². The van der Waals surface area contributed by atoms with Gasteiger partial charge in [0.1, 0.15) is 5.75 Å². The molecular formula is C7H8BrNO3S. The molecule has 0 atom stereocenters. The molecule has 0 spiro atoms. The van der Waals surface area contributed by atoms with Crippen LogP contribution in [0.5, 0.6) is 5.75 Å². The first kappa shape index (κ1) is 10.5. The number of hydrogen-bond donors (Lipinski definition) is 1. The number of methoxy groups -OCH3 is 1. The fourth-order valence-corrected chi connectivity index (χ4v) is 2.46. The van der Waals surface area contributed by atoms with E-state index >= 15 is 0 Å². The summed E-state index contributed by atoms with van der Waals surface area (Å²) in [6, 6.07) is 4.46. The van der Waals surface area contributed by atoms with Gasteiger partial charge < -0.3 is 4.74 Å². The van der Waals surface area contributed by atoms with Crippen LogP contribution < -0.4 is 9.88 Å². The molecule has 0 radical (unpaired) electrons. The summed E-state index contributed by atoms with van der Waals surface area (Å²) in [5.74, 6) is 0.569. The fourth-order valence-electron chi connectivity index (χ4n) is 0.839. The Morgan fingerprint density at radius 1 is 1.46 bits per heavy atom. The van der Waals surface area contributed by atoms with Crippen molar-refractivity contribution in [3.8, 4) is 5.75 Å². The van der Waals surface area contributed by atoms with Crippen LogP contribution in [0.25, 0.3) is 0 Å². The second-order valence-electron chi connectivity index (χ2n) is 2.34. The maximum absolute atomic E-state index is 11.0. The molecule has 0 amide bonds.